The van der Waals surface area contributed by atoms with E-state index in [0.29, 0.717) is 0 Å². The maximum atomic E-state index is 10.2. The lowest BCUT2D eigenvalue weighted by Crippen LogP contribution is -2.05. The Morgan fingerprint density at radius 3 is 2.70 bits per heavy atom. The monoisotopic (exact) mass is 141 g/mol. The number of rotatable bonds is 5. The molecule has 10 heavy (non-hydrogen) atoms. The molecule has 1 amide bonds. The molecule has 0 saturated heterocycles. The topological polar surface area (TPSA) is 43.1 Å². The molecule has 0 rings (SSSR count). The second-order valence-electron chi connectivity index (χ2n) is 2.30. The number of carbonyl (C=O) groups excluding carboxylic acids is 1. The largest absolute Gasteiger partial charge is 0.366 e. The van der Waals surface area contributed by atoms with Gasteiger partial charge in [0.2, 0.25) is 5.91 Å². The van der Waals surface area contributed by atoms with Crippen LogP contribution >= 0.6 is 0 Å². The highest BCUT2D eigenvalue weighted by Gasteiger charge is 1.83. The van der Waals surface area contributed by atoms with E-state index < -0.39 is 0 Å². The molecule has 0 aromatic heterocycles. The Kier molecular flexibility index (Phi) is 5.83. The third-order valence-electron chi connectivity index (χ3n) is 1.26. The smallest absolute Gasteiger partial charge is 0.241 e. The number of primary amides is 1. The minimum Gasteiger partial charge on any atom is -0.366 e. The predicted molar refractivity (Wildman–Crippen MR) is 42.5 cm³/mol. The first-order chi connectivity index (χ1) is 4.77. The van der Waals surface area contributed by atoms with Crippen LogP contribution in [-0.2, 0) is 4.79 Å². The van der Waals surface area contributed by atoms with Crippen LogP contribution in [0.2, 0.25) is 0 Å². The van der Waals surface area contributed by atoms with Gasteiger partial charge in [-0.3, -0.25) is 4.79 Å². The van der Waals surface area contributed by atoms with Crippen molar-refractivity contribution in [3.63, 3.8) is 0 Å². The van der Waals surface area contributed by atoms with Gasteiger partial charge in [-0.2, -0.15) is 0 Å². The summed E-state index contributed by atoms with van der Waals surface area (Å²) in [5, 5.41) is 0. The van der Waals surface area contributed by atoms with Gasteiger partial charge in [-0.1, -0.05) is 25.8 Å². The first kappa shape index (κ1) is 9.21. The highest BCUT2D eigenvalue weighted by Crippen LogP contribution is 1.98. The van der Waals surface area contributed by atoms with E-state index in [1.807, 2.05) is 6.08 Å². The van der Waals surface area contributed by atoms with Crippen LogP contribution in [0.4, 0.5) is 0 Å². The Morgan fingerprint density at radius 2 is 2.20 bits per heavy atom. The minimum absolute atomic E-state index is 0.350. The van der Waals surface area contributed by atoms with E-state index in [0.717, 1.165) is 12.8 Å². The van der Waals surface area contributed by atoms with Crippen LogP contribution in [0.15, 0.2) is 12.2 Å². The summed E-state index contributed by atoms with van der Waals surface area (Å²) < 4.78 is 0. The average Bonchev–Trinajstić information content (AvgIpc) is 1.87. The van der Waals surface area contributed by atoms with Crippen molar-refractivity contribution in [2.45, 2.75) is 32.6 Å². The lowest BCUT2D eigenvalue weighted by Gasteiger charge is -1.89. The molecular weight excluding hydrogens is 126 g/mol. The van der Waals surface area contributed by atoms with Gasteiger partial charge < -0.3 is 5.73 Å². The van der Waals surface area contributed by atoms with E-state index >= 15 is 0 Å². The molecule has 0 saturated carbocycles. The molecule has 2 nitrogen and oxygen atoms in total. The molecule has 0 aliphatic rings. The van der Waals surface area contributed by atoms with Crippen molar-refractivity contribution in [1.29, 1.82) is 0 Å². The van der Waals surface area contributed by atoms with Gasteiger partial charge in [0.15, 0.2) is 0 Å². The van der Waals surface area contributed by atoms with Gasteiger partial charge in [0.1, 0.15) is 0 Å². The van der Waals surface area contributed by atoms with Crippen LogP contribution < -0.4 is 5.73 Å². The van der Waals surface area contributed by atoms with Gasteiger partial charge in [-0.05, 0) is 18.9 Å². The SMILES string of the molecule is CCCCCC=CC(N)=O. The molecule has 2 N–H and O–H groups in total. The zero-order valence-electron chi connectivity index (χ0n) is 6.47. The Hall–Kier alpha value is -0.790. The molecule has 0 radical (unpaired) electrons. The maximum Gasteiger partial charge on any atom is 0.241 e. The van der Waals surface area contributed by atoms with Crippen molar-refractivity contribution in [3.8, 4) is 0 Å². The zero-order valence-corrected chi connectivity index (χ0v) is 6.47. The number of nitrogens with two attached hydrogens (primary N) is 1. The fourth-order valence-corrected chi connectivity index (χ4v) is 0.712. The second-order valence-corrected chi connectivity index (χ2v) is 2.30. The summed E-state index contributed by atoms with van der Waals surface area (Å²) in [6.07, 6.45) is 7.82. The molecule has 0 unspecified atom stereocenters. The summed E-state index contributed by atoms with van der Waals surface area (Å²) in [4.78, 5) is 10.2. The summed E-state index contributed by atoms with van der Waals surface area (Å²) in [6.45, 7) is 2.15. The molecule has 0 fully saturated rings. The van der Waals surface area contributed by atoms with E-state index in [4.69, 9.17) is 5.73 Å². The van der Waals surface area contributed by atoms with Crippen molar-refractivity contribution < 1.29 is 4.79 Å². The van der Waals surface area contributed by atoms with E-state index in [1.165, 1.54) is 18.9 Å². The Bertz CT molecular complexity index is 118. The molecule has 2 heteroatoms. The number of amides is 1. The molecule has 0 atom stereocenters. The van der Waals surface area contributed by atoms with Gasteiger partial charge in [0.25, 0.3) is 0 Å². The Labute approximate surface area is 62.1 Å². The van der Waals surface area contributed by atoms with Gasteiger partial charge >= 0.3 is 0 Å². The van der Waals surface area contributed by atoms with Crippen LogP contribution in [0.25, 0.3) is 0 Å². The molecule has 0 aromatic carbocycles. The summed E-state index contributed by atoms with van der Waals surface area (Å²) in [5.41, 5.74) is 4.88. The van der Waals surface area contributed by atoms with E-state index in [2.05, 4.69) is 6.92 Å². The van der Waals surface area contributed by atoms with Crippen LogP contribution in [0.1, 0.15) is 32.6 Å². The van der Waals surface area contributed by atoms with E-state index in [9.17, 15) is 4.79 Å². The van der Waals surface area contributed by atoms with Crippen molar-refractivity contribution in [2.75, 3.05) is 0 Å². The van der Waals surface area contributed by atoms with E-state index in [-0.39, 0.29) is 5.91 Å². The summed E-state index contributed by atoms with van der Waals surface area (Å²) in [6, 6.07) is 0. The van der Waals surface area contributed by atoms with Crippen molar-refractivity contribution in [1.82, 2.24) is 0 Å². The fourth-order valence-electron chi connectivity index (χ4n) is 0.712. The van der Waals surface area contributed by atoms with Gasteiger partial charge in [0.05, 0.1) is 0 Å². The Morgan fingerprint density at radius 1 is 1.50 bits per heavy atom. The first-order valence-electron chi connectivity index (χ1n) is 3.73. The van der Waals surface area contributed by atoms with Crippen molar-refractivity contribution in [2.24, 2.45) is 5.73 Å². The molecular formula is C8H15NO. The molecule has 0 aliphatic heterocycles. The van der Waals surface area contributed by atoms with Crippen LogP contribution in [0.5, 0.6) is 0 Å². The third-order valence-corrected chi connectivity index (χ3v) is 1.26. The van der Waals surface area contributed by atoms with Crippen molar-refractivity contribution >= 4 is 5.91 Å². The highest BCUT2D eigenvalue weighted by molar-refractivity contribution is 5.85. The lowest BCUT2D eigenvalue weighted by atomic mass is 10.2. The van der Waals surface area contributed by atoms with Gasteiger partial charge in [-0.25, -0.2) is 0 Å². The quantitative estimate of drug-likeness (QED) is 0.458. The summed E-state index contributed by atoms with van der Waals surface area (Å²) in [7, 11) is 0. The lowest BCUT2D eigenvalue weighted by molar-refractivity contribution is -0.113. The maximum absolute atomic E-state index is 10.2. The van der Waals surface area contributed by atoms with Crippen LogP contribution in [0, 0.1) is 0 Å². The third kappa shape index (κ3) is 7.21. The summed E-state index contributed by atoms with van der Waals surface area (Å²) >= 11 is 0. The normalized spacial score (nSPS) is 10.5. The fraction of sp³-hybridized carbons (Fsp3) is 0.625. The minimum atomic E-state index is -0.350. The predicted octanol–water partition coefficient (Wildman–Crippen LogP) is 1.61. The van der Waals surface area contributed by atoms with Crippen LogP contribution in [-0.4, -0.2) is 5.91 Å². The standard InChI is InChI=1S/C8H15NO/c1-2-3-4-5-6-7-8(9)10/h6-7H,2-5H2,1H3,(H2,9,10). The zero-order chi connectivity index (χ0) is 7.82. The summed E-state index contributed by atoms with van der Waals surface area (Å²) in [5.74, 6) is -0.350. The molecule has 58 valence electrons. The number of hydrogen-bond donors (Lipinski definition) is 1. The molecule has 0 heterocycles. The average molecular weight is 141 g/mol. The highest BCUT2D eigenvalue weighted by atomic mass is 16.1. The van der Waals surface area contributed by atoms with Gasteiger partial charge in [-0.15, -0.1) is 0 Å². The van der Waals surface area contributed by atoms with E-state index in [1.54, 1.807) is 0 Å². The Balaban J connectivity index is 3.10. The van der Waals surface area contributed by atoms with Gasteiger partial charge in [0, 0.05) is 0 Å². The van der Waals surface area contributed by atoms with Crippen molar-refractivity contribution in [3.05, 3.63) is 12.2 Å². The number of allylic oxidation sites excluding steroid dienone is 1. The molecule has 0 aliphatic carbocycles. The number of hydrogen-bond acceptors (Lipinski definition) is 1. The number of unbranched alkanes of at least 4 members (excludes halogenated alkanes) is 3. The first-order valence-corrected chi connectivity index (χ1v) is 3.73. The molecule has 0 spiro atoms. The molecule has 0 bridgehead atoms. The second kappa shape index (κ2) is 6.33. The number of carbonyl (C=O) groups is 1. The molecule has 0 aromatic rings. The van der Waals surface area contributed by atoms with Crippen LogP contribution in [0.3, 0.4) is 0 Å².